The maximum Gasteiger partial charge on any atom is 0.419 e. The molecule has 2 heterocycles. The Bertz CT molecular complexity index is 2240. The van der Waals surface area contributed by atoms with Crippen LogP contribution in [-0.2, 0) is 12.4 Å². The largest absolute Gasteiger partial charge is 0.496 e. The number of benzene rings is 4. The molecule has 2 aromatic heterocycles. The molecule has 0 bridgehead atoms. The highest BCUT2D eigenvalue weighted by Gasteiger charge is 2.36. The Balaban J connectivity index is 0.000000211. The van der Waals surface area contributed by atoms with E-state index in [2.05, 4.69) is 9.97 Å². The number of hydrogen-bond acceptors (Lipinski definition) is 5. The number of fused-ring (bicyclic) bond motifs is 2. The molecule has 0 fully saturated rings. The lowest BCUT2D eigenvalue weighted by Crippen LogP contribution is -2.43. The van der Waals surface area contributed by atoms with Gasteiger partial charge in [0, 0.05) is 38.8 Å². The number of pyridine rings is 2. The van der Waals surface area contributed by atoms with E-state index in [0.717, 1.165) is 22.9 Å². The lowest BCUT2D eigenvalue weighted by molar-refractivity contribution is -0.139. The molecule has 5 nitrogen and oxygen atoms in total. The van der Waals surface area contributed by atoms with Gasteiger partial charge >= 0.3 is 12.4 Å². The van der Waals surface area contributed by atoms with Gasteiger partial charge in [0.15, 0.2) is 0 Å². The van der Waals surface area contributed by atoms with Crippen LogP contribution in [0.1, 0.15) is 38.3 Å². The highest BCUT2D eigenvalue weighted by atomic mass is 35.5. The van der Waals surface area contributed by atoms with Crippen LogP contribution in [0.4, 0.5) is 26.3 Å². The molecule has 0 amide bonds. The molecule has 53 heavy (non-hydrogen) atoms. The van der Waals surface area contributed by atoms with Crippen LogP contribution in [0.25, 0.3) is 44.1 Å². The molecule has 1 atom stereocenters. The summed E-state index contributed by atoms with van der Waals surface area (Å²) in [5.41, 5.74) is 7.09. The second kappa shape index (κ2) is 15.8. The fourth-order valence-corrected chi connectivity index (χ4v) is 6.51. The van der Waals surface area contributed by atoms with Gasteiger partial charge in [-0.05, 0) is 102 Å². The van der Waals surface area contributed by atoms with E-state index < -0.39 is 29.0 Å². The van der Waals surface area contributed by atoms with E-state index in [4.69, 9.17) is 38.4 Å². The molecular formula is C40H35Cl2F6N3O2. The van der Waals surface area contributed by atoms with Crippen molar-refractivity contribution >= 4 is 45.0 Å². The van der Waals surface area contributed by atoms with Gasteiger partial charge in [0.25, 0.3) is 0 Å². The highest BCUT2D eigenvalue weighted by molar-refractivity contribution is 6.32. The van der Waals surface area contributed by atoms with Crippen molar-refractivity contribution in [2.45, 2.75) is 45.1 Å². The molecule has 2 N–H and O–H groups in total. The summed E-state index contributed by atoms with van der Waals surface area (Å²) in [5, 5.41) is 2.37. The molecule has 0 aliphatic rings. The fraction of sp³-hybridized carbons (Fsp3) is 0.250. The molecule has 0 unspecified atom stereocenters. The van der Waals surface area contributed by atoms with Crippen molar-refractivity contribution in [1.29, 1.82) is 0 Å². The van der Waals surface area contributed by atoms with Crippen molar-refractivity contribution in [1.82, 2.24) is 9.97 Å². The molecule has 13 heteroatoms. The van der Waals surface area contributed by atoms with Crippen LogP contribution < -0.4 is 15.2 Å². The second-order valence-corrected chi connectivity index (χ2v) is 14.1. The van der Waals surface area contributed by atoms with Crippen LogP contribution in [0.2, 0.25) is 10.0 Å². The topological polar surface area (TPSA) is 70.3 Å². The zero-order valence-corrected chi connectivity index (χ0v) is 30.6. The van der Waals surface area contributed by atoms with Crippen molar-refractivity contribution < 1.29 is 35.8 Å². The Morgan fingerprint density at radius 2 is 1.25 bits per heavy atom. The summed E-state index contributed by atoms with van der Waals surface area (Å²) in [4.78, 5) is 8.45. The van der Waals surface area contributed by atoms with Gasteiger partial charge in [-0.3, -0.25) is 9.97 Å². The molecule has 0 aliphatic heterocycles. The number of halogens is 8. The number of nitrogens with two attached hydrogens (primary N) is 1. The number of aromatic nitrogens is 2. The quantitative estimate of drug-likeness (QED) is 0.156. The van der Waals surface area contributed by atoms with Gasteiger partial charge in [-0.2, -0.15) is 26.3 Å². The van der Waals surface area contributed by atoms with E-state index in [1.54, 1.807) is 80.0 Å². The predicted molar refractivity (Wildman–Crippen MR) is 198 cm³/mol. The standard InChI is InChI=1S/C23H24ClF3N2O.C17H11ClF3NO/c1-14(2)12-22(3,28)13-30-21-7-6-15(9-19(21)23(25,26)27)18-10-16(24)11-20-17(18)5-4-8-29-20;1-23-16-5-2-10(8-14(16)17(19,20)21)12-6-7-22-15-9-11(18)3-4-13(12)15/h4-11,14H,12-13,28H2,1-3H3;2-9H,1H3/t22-;/m0./s1. The van der Waals surface area contributed by atoms with Gasteiger partial charge in [-0.15, -0.1) is 0 Å². The van der Waals surface area contributed by atoms with E-state index >= 15 is 0 Å². The van der Waals surface area contributed by atoms with Crippen molar-refractivity contribution in [3.8, 4) is 33.8 Å². The maximum atomic E-state index is 13.8. The predicted octanol–water partition coefficient (Wildman–Crippen LogP) is 12.3. The summed E-state index contributed by atoms with van der Waals surface area (Å²) in [6.07, 6.45) is -5.28. The van der Waals surface area contributed by atoms with Crippen LogP contribution in [0.3, 0.4) is 0 Å². The van der Waals surface area contributed by atoms with Crippen molar-refractivity contribution in [3.63, 3.8) is 0 Å². The molecule has 4 aromatic carbocycles. The molecule has 0 aliphatic carbocycles. The Labute approximate surface area is 312 Å². The first-order valence-corrected chi connectivity index (χ1v) is 17.1. The first-order chi connectivity index (χ1) is 24.9. The van der Waals surface area contributed by atoms with Gasteiger partial charge in [0.05, 0.1) is 29.3 Å². The summed E-state index contributed by atoms with van der Waals surface area (Å²) < 4.78 is 91.4. The lowest BCUT2D eigenvalue weighted by atomic mass is 9.93. The number of rotatable bonds is 8. The number of methoxy groups -OCH3 is 1. The summed E-state index contributed by atoms with van der Waals surface area (Å²) in [7, 11) is 1.22. The third-order valence-electron chi connectivity index (χ3n) is 8.23. The monoisotopic (exact) mass is 773 g/mol. The summed E-state index contributed by atoms with van der Waals surface area (Å²) in [5.74, 6) is -0.142. The number of nitrogens with zero attached hydrogens (tertiary/aromatic N) is 2. The van der Waals surface area contributed by atoms with Crippen LogP contribution >= 0.6 is 23.2 Å². The smallest absolute Gasteiger partial charge is 0.419 e. The molecule has 0 spiro atoms. The van der Waals surface area contributed by atoms with Crippen LogP contribution in [-0.4, -0.2) is 29.2 Å². The molecular weight excluding hydrogens is 739 g/mol. The number of ether oxygens (including phenoxy) is 2. The molecule has 6 aromatic rings. The average molecular weight is 775 g/mol. The van der Waals surface area contributed by atoms with Gasteiger partial charge in [-0.25, -0.2) is 0 Å². The fourth-order valence-electron chi connectivity index (χ4n) is 6.14. The summed E-state index contributed by atoms with van der Waals surface area (Å²) in [6, 6.07) is 21.7. The van der Waals surface area contributed by atoms with E-state index in [1.165, 1.54) is 19.2 Å². The zero-order valence-electron chi connectivity index (χ0n) is 29.0. The summed E-state index contributed by atoms with van der Waals surface area (Å²) in [6.45, 7) is 5.77. The van der Waals surface area contributed by atoms with E-state index in [0.29, 0.717) is 55.7 Å². The lowest BCUT2D eigenvalue weighted by Gasteiger charge is -2.27. The van der Waals surface area contributed by atoms with E-state index in [1.807, 2.05) is 13.8 Å². The molecule has 6 rings (SSSR count). The van der Waals surface area contributed by atoms with Crippen LogP contribution in [0.15, 0.2) is 97.3 Å². The third-order valence-corrected chi connectivity index (χ3v) is 8.69. The maximum absolute atomic E-state index is 13.8. The Morgan fingerprint density at radius 1 is 0.679 bits per heavy atom. The zero-order chi connectivity index (χ0) is 38.7. The van der Waals surface area contributed by atoms with E-state index in [-0.39, 0.29) is 18.1 Å². The van der Waals surface area contributed by atoms with Gasteiger partial charge in [-0.1, -0.05) is 61.3 Å². The van der Waals surface area contributed by atoms with Gasteiger partial charge in [0.1, 0.15) is 18.1 Å². The van der Waals surface area contributed by atoms with Crippen LogP contribution in [0, 0.1) is 5.92 Å². The average Bonchev–Trinajstić information content (AvgIpc) is 3.08. The Kier molecular flexibility index (Phi) is 11.8. The SMILES string of the molecule is CC(C)C[C@](C)(N)COc1ccc(-c2cc(Cl)cc3ncccc23)cc1C(F)(F)F.COc1ccc(-c2ccnc3cc(Cl)ccc23)cc1C(F)(F)F. The normalized spacial score (nSPS) is 13.1. The van der Waals surface area contributed by atoms with Gasteiger partial charge < -0.3 is 15.2 Å². The first kappa shape index (κ1) is 39.6. The Hall–Kier alpha value is -4.58. The Morgan fingerprint density at radius 3 is 1.87 bits per heavy atom. The summed E-state index contributed by atoms with van der Waals surface area (Å²) >= 11 is 12.1. The minimum absolute atomic E-state index is 0.0162. The molecule has 278 valence electrons. The minimum atomic E-state index is -4.58. The molecule has 0 saturated carbocycles. The van der Waals surface area contributed by atoms with Gasteiger partial charge in [0.2, 0.25) is 0 Å². The van der Waals surface area contributed by atoms with Crippen molar-refractivity contribution in [2.75, 3.05) is 13.7 Å². The van der Waals surface area contributed by atoms with E-state index in [9.17, 15) is 26.3 Å². The third kappa shape index (κ3) is 9.70. The minimum Gasteiger partial charge on any atom is -0.496 e. The number of hydrogen-bond donors (Lipinski definition) is 1. The van der Waals surface area contributed by atoms with Crippen molar-refractivity contribution in [3.05, 3.63) is 118 Å². The molecule has 0 radical (unpaired) electrons. The molecule has 0 saturated heterocycles. The second-order valence-electron chi connectivity index (χ2n) is 13.2. The van der Waals surface area contributed by atoms with Crippen LogP contribution in [0.5, 0.6) is 11.5 Å². The highest BCUT2D eigenvalue weighted by Crippen LogP contribution is 2.42. The first-order valence-electron chi connectivity index (χ1n) is 16.3. The van der Waals surface area contributed by atoms with Crippen molar-refractivity contribution in [2.24, 2.45) is 11.7 Å². The number of alkyl halides is 6.